The van der Waals surface area contributed by atoms with Crippen molar-refractivity contribution in [3.05, 3.63) is 30.3 Å². The number of rotatable bonds is 4. The van der Waals surface area contributed by atoms with Crippen LogP contribution in [0.4, 0.5) is 0 Å². The Kier molecular flexibility index (Phi) is 3.48. The molecular weight excluding hydrogens is 138 g/mol. The standard InChI is InChI=1S/C9H13NO/c1-10-7-8-11-9-5-3-2-4-6-9/h2-6,10H,7-8H2,1H3. The Bertz CT molecular complexity index is 186. The number of ether oxygens (including phenoxy) is 1. The van der Waals surface area contributed by atoms with Crippen molar-refractivity contribution in [2.24, 2.45) is 0 Å². The molecule has 0 aliphatic rings. The van der Waals surface area contributed by atoms with Crippen LogP contribution in [0.5, 0.6) is 5.75 Å². The molecule has 0 saturated heterocycles. The van der Waals surface area contributed by atoms with Crippen molar-refractivity contribution < 1.29 is 4.74 Å². The monoisotopic (exact) mass is 151 g/mol. The first-order valence-corrected chi connectivity index (χ1v) is 3.76. The van der Waals surface area contributed by atoms with Crippen molar-refractivity contribution in [1.29, 1.82) is 0 Å². The second-order valence-electron chi connectivity index (χ2n) is 2.27. The molecule has 1 aromatic rings. The van der Waals surface area contributed by atoms with E-state index in [-0.39, 0.29) is 0 Å². The molecule has 0 fully saturated rings. The van der Waals surface area contributed by atoms with Gasteiger partial charge in [-0.2, -0.15) is 0 Å². The number of benzene rings is 1. The van der Waals surface area contributed by atoms with Crippen molar-refractivity contribution >= 4 is 0 Å². The number of nitrogens with one attached hydrogen (secondary N) is 1. The third-order valence-electron chi connectivity index (χ3n) is 1.36. The van der Waals surface area contributed by atoms with Gasteiger partial charge >= 0.3 is 0 Å². The molecule has 0 saturated carbocycles. The number of hydrogen-bond acceptors (Lipinski definition) is 2. The van der Waals surface area contributed by atoms with Gasteiger partial charge in [0.25, 0.3) is 0 Å². The molecule has 0 unspecified atom stereocenters. The van der Waals surface area contributed by atoms with Gasteiger partial charge in [-0.3, -0.25) is 0 Å². The summed E-state index contributed by atoms with van der Waals surface area (Å²) < 4.78 is 5.38. The Morgan fingerprint density at radius 3 is 2.64 bits per heavy atom. The van der Waals surface area contributed by atoms with Crippen molar-refractivity contribution in [1.82, 2.24) is 5.32 Å². The second-order valence-corrected chi connectivity index (χ2v) is 2.27. The van der Waals surface area contributed by atoms with E-state index in [2.05, 4.69) is 5.32 Å². The maximum atomic E-state index is 5.38. The maximum Gasteiger partial charge on any atom is 0.119 e. The highest BCUT2D eigenvalue weighted by molar-refractivity contribution is 5.20. The molecule has 11 heavy (non-hydrogen) atoms. The second kappa shape index (κ2) is 4.74. The van der Waals surface area contributed by atoms with Crippen LogP contribution in [-0.2, 0) is 0 Å². The van der Waals surface area contributed by atoms with E-state index in [4.69, 9.17) is 4.74 Å². The maximum absolute atomic E-state index is 5.38. The first-order chi connectivity index (χ1) is 5.43. The zero-order valence-electron chi connectivity index (χ0n) is 6.71. The van der Waals surface area contributed by atoms with Crippen molar-refractivity contribution in [3.63, 3.8) is 0 Å². The molecule has 0 atom stereocenters. The molecule has 60 valence electrons. The molecule has 1 rings (SSSR count). The lowest BCUT2D eigenvalue weighted by molar-refractivity contribution is 0.318. The summed E-state index contributed by atoms with van der Waals surface area (Å²) >= 11 is 0. The Labute approximate surface area is 67.2 Å². The van der Waals surface area contributed by atoms with Gasteiger partial charge in [0.05, 0.1) is 0 Å². The third kappa shape index (κ3) is 3.05. The number of likely N-dealkylation sites (N-methyl/N-ethyl adjacent to an activating group) is 1. The van der Waals surface area contributed by atoms with Crippen LogP contribution >= 0.6 is 0 Å². The van der Waals surface area contributed by atoms with Crippen LogP contribution in [0.15, 0.2) is 30.3 Å². The summed E-state index contributed by atoms with van der Waals surface area (Å²) in [5.41, 5.74) is 0. The zero-order valence-corrected chi connectivity index (χ0v) is 6.71. The highest BCUT2D eigenvalue weighted by Gasteiger charge is 1.87. The van der Waals surface area contributed by atoms with E-state index >= 15 is 0 Å². The van der Waals surface area contributed by atoms with Gasteiger partial charge in [0.15, 0.2) is 0 Å². The lowest BCUT2D eigenvalue weighted by Gasteiger charge is -2.03. The van der Waals surface area contributed by atoms with Gasteiger partial charge in [0, 0.05) is 6.54 Å². The lowest BCUT2D eigenvalue weighted by atomic mass is 10.3. The van der Waals surface area contributed by atoms with Gasteiger partial charge in [0.1, 0.15) is 12.4 Å². The van der Waals surface area contributed by atoms with E-state index in [0.29, 0.717) is 0 Å². The summed E-state index contributed by atoms with van der Waals surface area (Å²) in [6.45, 7) is 1.61. The summed E-state index contributed by atoms with van der Waals surface area (Å²) in [5, 5.41) is 3.01. The van der Waals surface area contributed by atoms with Gasteiger partial charge in [0.2, 0.25) is 0 Å². The molecule has 0 heterocycles. The smallest absolute Gasteiger partial charge is 0.119 e. The first kappa shape index (κ1) is 8.08. The Balaban J connectivity index is 2.28. The van der Waals surface area contributed by atoms with Gasteiger partial charge in [-0.15, -0.1) is 0 Å². The lowest BCUT2D eigenvalue weighted by Crippen LogP contribution is -2.15. The molecule has 2 heteroatoms. The molecule has 0 spiro atoms. The van der Waals surface area contributed by atoms with E-state index < -0.39 is 0 Å². The van der Waals surface area contributed by atoms with E-state index in [0.717, 1.165) is 18.9 Å². The van der Waals surface area contributed by atoms with Gasteiger partial charge in [-0.05, 0) is 19.2 Å². The molecule has 0 aliphatic carbocycles. The minimum Gasteiger partial charge on any atom is -0.492 e. The van der Waals surface area contributed by atoms with Crippen molar-refractivity contribution in [2.75, 3.05) is 20.2 Å². The van der Waals surface area contributed by atoms with E-state index in [1.807, 2.05) is 37.4 Å². The summed E-state index contributed by atoms with van der Waals surface area (Å²) in [7, 11) is 1.91. The van der Waals surface area contributed by atoms with E-state index in [1.165, 1.54) is 0 Å². The predicted octanol–water partition coefficient (Wildman–Crippen LogP) is 1.28. The number of para-hydroxylation sites is 1. The topological polar surface area (TPSA) is 21.3 Å². The first-order valence-electron chi connectivity index (χ1n) is 3.76. The molecule has 0 aliphatic heterocycles. The van der Waals surface area contributed by atoms with E-state index in [1.54, 1.807) is 0 Å². The van der Waals surface area contributed by atoms with Crippen LogP contribution < -0.4 is 10.1 Å². The molecule has 2 nitrogen and oxygen atoms in total. The summed E-state index contributed by atoms with van der Waals surface area (Å²) in [6, 6.07) is 9.82. The highest BCUT2D eigenvalue weighted by Crippen LogP contribution is 2.06. The summed E-state index contributed by atoms with van der Waals surface area (Å²) in [6.07, 6.45) is 0. The highest BCUT2D eigenvalue weighted by atomic mass is 16.5. The molecule has 0 radical (unpaired) electrons. The molecule has 1 aromatic carbocycles. The van der Waals surface area contributed by atoms with Crippen molar-refractivity contribution in [2.45, 2.75) is 0 Å². The van der Waals surface area contributed by atoms with E-state index in [9.17, 15) is 0 Å². The van der Waals surface area contributed by atoms with Gasteiger partial charge in [-0.1, -0.05) is 18.2 Å². The van der Waals surface area contributed by atoms with Gasteiger partial charge in [-0.25, -0.2) is 0 Å². The fraction of sp³-hybridized carbons (Fsp3) is 0.333. The average molecular weight is 151 g/mol. The minimum atomic E-state index is 0.723. The minimum absolute atomic E-state index is 0.723. The molecule has 0 amide bonds. The number of hydrogen-bond donors (Lipinski definition) is 1. The Morgan fingerprint density at radius 1 is 1.27 bits per heavy atom. The predicted molar refractivity (Wildman–Crippen MR) is 45.9 cm³/mol. The third-order valence-corrected chi connectivity index (χ3v) is 1.36. The largest absolute Gasteiger partial charge is 0.492 e. The van der Waals surface area contributed by atoms with Crippen LogP contribution in [0, 0.1) is 0 Å². The van der Waals surface area contributed by atoms with Crippen LogP contribution in [-0.4, -0.2) is 20.2 Å². The Morgan fingerprint density at radius 2 is 2.00 bits per heavy atom. The quantitative estimate of drug-likeness (QED) is 0.655. The normalized spacial score (nSPS) is 9.55. The van der Waals surface area contributed by atoms with Crippen LogP contribution in [0.2, 0.25) is 0 Å². The fourth-order valence-electron chi connectivity index (χ4n) is 0.788. The SMILES string of the molecule is CNCCOc1ccccc1. The van der Waals surface area contributed by atoms with Crippen molar-refractivity contribution in [3.8, 4) is 5.75 Å². The zero-order chi connectivity index (χ0) is 7.94. The van der Waals surface area contributed by atoms with Crippen LogP contribution in [0.1, 0.15) is 0 Å². The average Bonchev–Trinajstić information content (AvgIpc) is 2.07. The summed E-state index contributed by atoms with van der Waals surface area (Å²) in [4.78, 5) is 0. The van der Waals surface area contributed by atoms with Gasteiger partial charge < -0.3 is 10.1 Å². The molecule has 0 bridgehead atoms. The molecule has 1 N–H and O–H groups in total. The Hall–Kier alpha value is -1.02. The molecular formula is C9H13NO. The van der Waals surface area contributed by atoms with Crippen LogP contribution in [0.3, 0.4) is 0 Å². The molecule has 0 aromatic heterocycles. The van der Waals surface area contributed by atoms with Crippen LogP contribution in [0.25, 0.3) is 0 Å². The fourth-order valence-corrected chi connectivity index (χ4v) is 0.788. The summed E-state index contributed by atoms with van der Waals surface area (Å²) in [5.74, 6) is 0.933.